The number of hydrogen-bond donors (Lipinski definition) is 0. The molecule has 1 atom stereocenters. The van der Waals surface area contributed by atoms with Crippen molar-refractivity contribution in [3.05, 3.63) is 63.1 Å². The van der Waals surface area contributed by atoms with Crippen molar-refractivity contribution < 1.29 is 4.74 Å². The van der Waals surface area contributed by atoms with Crippen molar-refractivity contribution in [1.29, 1.82) is 0 Å². The first-order chi connectivity index (χ1) is 9.13. The number of rotatable bonds is 4. The van der Waals surface area contributed by atoms with E-state index in [0.29, 0.717) is 11.6 Å². The summed E-state index contributed by atoms with van der Waals surface area (Å²) in [7, 11) is 0. The minimum Gasteiger partial charge on any atom is -0.494 e. The maximum atomic E-state index is 6.52. The van der Waals surface area contributed by atoms with Crippen LogP contribution >= 0.6 is 39.1 Å². The molecule has 0 aromatic heterocycles. The van der Waals surface area contributed by atoms with Gasteiger partial charge in [0.15, 0.2) is 0 Å². The van der Waals surface area contributed by atoms with Gasteiger partial charge >= 0.3 is 0 Å². The summed E-state index contributed by atoms with van der Waals surface area (Å²) in [5, 5.41) is 0.377. The van der Waals surface area contributed by atoms with Crippen molar-refractivity contribution in [2.24, 2.45) is 0 Å². The monoisotopic (exact) mass is 358 g/mol. The molecular formula is C15H13BrCl2O. The molecule has 0 N–H and O–H groups in total. The Labute approximate surface area is 131 Å². The second-order valence-electron chi connectivity index (χ2n) is 4.00. The van der Waals surface area contributed by atoms with Gasteiger partial charge in [0.2, 0.25) is 0 Å². The Morgan fingerprint density at radius 3 is 2.53 bits per heavy atom. The molecule has 2 aromatic rings. The lowest BCUT2D eigenvalue weighted by Crippen LogP contribution is -1.97. The fraction of sp³-hybridized carbons (Fsp3) is 0.200. The van der Waals surface area contributed by atoms with Gasteiger partial charge in [-0.05, 0) is 36.2 Å². The fourth-order valence-corrected chi connectivity index (χ4v) is 3.22. The van der Waals surface area contributed by atoms with Crippen LogP contribution in [0.3, 0.4) is 0 Å². The van der Waals surface area contributed by atoms with E-state index >= 15 is 0 Å². The third-order valence-electron chi connectivity index (χ3n) is 2.73. The molecule has 0 fully saturated rings. The van der Waals surface area contributed by atoms with Crippen molar-refractivity contribution in [3.8, 4) is 5.75 Å². The van der Waals surface area contributed by atoms with E-state index in [4.69, 9.17) is 27.9 Å². The second-order valence-corrected chi connectivity index (χ2v) is 5.70. The van der Waals surface area contributed by atoms with Crippen molar-refractivity contribution in [1.82, 2.24) is 0 Å². The van der Waals surface area contributed by atoms with Crippen LogP contribution in [-0.4, -0.2) is 6.61 Å². The van der Waals surface area contributed by atoms with Crippen LogP contribution in [0.1, 0.15) is 23.4 Å². The summed E-state index contributed by atoms with van der Waals surface area (Å²) in [5.74, 6) is 0.821. The highest BCUT2D eigenvalue weighted by Gasteiger charge is 2.16. The normalized spacial score (nSPS) is 12.2. The van der Waals surface area contributed by atoms with Crippen LogP contribution in [0.5, 0.6) is 5.75 Å². The summed E-state index contributed by atoms with van der Waals surface area (Å²) in [6.45, 7) is 2.59. The SMILES string of the molecule is CCOc1ccc(C(Cl)c2ccccc2Cl)c(Br)c1. The number of alkyl halides is 1. The molecule has 0 heterocycles. The van der Waals surface area contributed by atoms with E-state index in [1.807, 2.05) is 49.4 Å². The summed E-state index contributed by atoms with van der Waals surface area (Å²) < 4.78 is 6.37. The molecule has 0 amide bonds. The van der Waals surface area contributed by atoms with Crippen LogP contribution in [-0.2, 0) is 0 Å². The first-order valence-corrected chi connectivity index (χ1v) is 7.55. The fourth-order valence-electron chi connectivity index (χ4n) is 1.82. The summed E-state index contributed by atoms with van der Waals surface area (Å²) >= 11 is 16.2. The van der Waals surface area contributed by atoms with Crippen LogP contribution < -0.4 is 4.74 Å². The van der Waals surface area contributed by atoms with Crippen LogP contribution in [0.25, 0.3) is 0 Å². The van der Waals surface area contributed by atoms with E-state index < -0.39 is 0 Å². The lowest BCUT2D eigenvalue weighted by atomic mass is 10.0. The van der Waals surface area contributed by atoms with Crippen molar-refractivity contribution in [2.75, 3.05) is 6.61 Å². The van der Waals surface area contributed by atoms with Crippen molar-refractivity contribution >= 4 is 39.1 Å². The zero-order chi connectivity index (χ0) is 13.8. The number of halogens is 3. The quantitative estimate of drug-likeness (QED) is 0.624. The molecule has 100 valence electrons. The molecule has 0 saturated heterocycles. The summed E-state index contributed by atoms with van der Waals surface area (Å²) in [4.78, 5) is 0. The van der Waals surface area contributed by atoms with Gasteiger partial charge < -0.3 is 4.74 Å². The molecule has 1 unspecified atom stereocenters. The molecule has 0 saturated carbocycles. The Hall–Kier alpha value is -0.700. The van der Waals surface area contributed by atoms with Gasteiger partial charge in [-0.25, -0.2) is 0 Å². The Morgan fingerprint density at radius 1 is 1.16 bits per heavy atom. The zero-order valence-electron chi connectivity index (χ0n) is 10.4. The largest absolute Gasteiger partial charge is 0.494 e. The Kier molecular flexibility index (Phi) is 5.14. The van der Waals surface area contributed by atoms with Gasteiger partial charge in [0.25, 0.3) is 0 Å². The highest BCUT2D eigenvalue weighted by Crippen LogP contribution is 2.38. The van der Waals surface area contributed by atoms with E-state index in [1.165, 1.54) is 0 Å². The molecule has 2 aromatic carbocycles. The Morgan fingerprint density at radius 2 is 1.89 bits per heavy atom. The van der Waals surface area contributed by atoms with Gasteiger partial charge in [0.05, 0.1) is 12.0 Å². The maximum Gasteiger partial charge on any atom is 0.120 e. The molecular weight excluding hydrogens is 347 g/mol. The van der Waals surface area contributed by atoms with Gasteiger partial charge in [-0.3, -0.25) is 0 Å². The summed E-state index contributed by atoms with van der Waals surface area (Å²) in [6, 6.07) is 13.4. The van der Waals surface area contributed by atoms with E-state index in [1.54, 1.807) is 0 Å². The predicted molar refractivity (Wildman–Crippen MR) is 84.5 cm³/mol. The second kappa shape index (κ2) is 6.65. The molecule has 2 rings (SSSR count). The molecule has 1 nitrogen and oxygen atoms in total. The highest BCUT2D eigenvalue weighted by atomic mass is 79.9. The van der Waals surface area contributed by atoms with Gasteiger partial charge in [0, 0.05) is 9.50 Å². The molecule has 0 bridgehead atoms. The third-order valence-corrected chi connectivity index (χ3v) is 4.24. The smallest absolute Gasteiger partial charge is 0.120 e. The van der Waals surface area contributed by atoms with Gasteiger partial charge in [-0.15, -0.1) is 11.6 Å². The minimum atomic E-state index is -0.293. The van der Waals surface area contributed by atoms with Crippen LogP contribution in [0.2, 0.25) is 5.02 Å². The molecule has 0 spiro atoms. The maximum absolute atomic E-state index is 6.52. The van der Waals surface area contributed by atoms with Gasteiger partial charge in [-0.1, -0.05) is 51.8 Å². The van der Waals surface area contributed by atoms with Crippen LogP contribution in [0, 0.1) is 0 Å². The predicted octanol–water partition coefficient (Wildman–Crippen LogP) is 5.83. The summed E-state index contributed by atoms with van der Waals surface area (Å²) in [5.41, 5.74) is 1.87. The zero-order valence-corrected chi connectivity index (χ0v) is 13.5. The van der Waals surface area contributed by atoms with Gasteiger partial charge in [0.1, 0.15) is 5.75 Å². The van der Waals surface area contributed by atoms with Crippen molar-refractivity contribution in [3.63, 3.8) is 0 Å². The highest BCUT2D eigenvalue weighted by molar-refractivity contribution is 9.10. The average Bonchev–Trinajstić information content (AvgIpc) is 2.39. The van der Waals surface area contributed by atoms with Crippen molar-refractivity contribution in [2.45, 2.75) is 12.3 Å². The first-order valence-electron chi connectivity index (χ1n) is 5.94. The van der Waals surface area contributed by atoms with E-state index in [-0.39, 0.29) is 5.38 Å². The molecule has 0 aliphatic rings. The lowest BCUT2D eigenvalue weighted by molar-refractivity contribution is 0.340. The molecule has 4 heteroatoms. The van der Waals surface area contributed by atoms with E-state index in [2.05, 4.69) is 15.9 Å². The van der Waals surface area contributed by atoms with Gasteiger partial charge in [-0.2, -0.15) is 0 Å². The molecule has 19 heavy (non-hydrogen) atoms. The lowest BCUT2D eigenvalue weighted by Gasteiger charge is -2.15. The Balaban J connectivity index is 2.34. The first kappa shape index (κ1) is 14.7. The molecule has 0 radical (unpaired) electrons. The summed E-state index contributed by atoms with van der Waals surface area (Å²) in [6.07, 6.45) is 0. The molecule has 0 aliphatic carbocycles. The Bertz CT molecular complexity index is 572. The minimum absolute atomic E-state index is 0.293. The topological polar surface area (TPSA) is 9.23 Å². The van der Waals surface area contributed by atoms with Crippen LogP contribution in [0.4, 0.5) is 0 Å². The number of ether oxygens (including phenoxy) is 1. The number of hydrogen-bond acceptors (Lipinski definition) is 1. The molecule has 0 aliphatic heterocycles. The van der Waals surface area contributed by atoms with E-state index in [0.717, 1.165) is 21.3 Å². The standard InChI is InChI=1S/C15H13BrCl2O/c1-2-19-10-7-8-11(13(16)9-10)15(18)12-5-3-4-6-14(12)17/h3-9,15H,2H2,1H3. The number of benzene rings is 2. The van der Waals surface area contributed by atoms with E-state index in [9.17, 15) is 0 Å². The third kappa shape index (κ3) is 3.44. The average molecular weight is 360 g/mol. The van der Waals surface area contributed by atoms with Crippen LogP contribution in [0.15, 0.2) is 46.9 Å².